The van der Waals surface area contributed by atoms with E-state index in [1.807, 2.05) is 24.3 Å². The first-order chi connectivity index (χ1) is 17.0. The highest BCUT2D eigenvalue weighted by molar-refractivity contribution is 6.23. The molecule has 10 heteroatoms. The van der Waals surface area contributed by atoms with Crippen molar-refractivity contribution in [3.8, 4) is 5.69 Å². The van der Waals surface area contributed by atoms with Gasteiger partial charge in [-0.1, -0.05) is 50.3 Å². The van der Waals surface area contributed by atoms with Crippen LogP contribution in [0, 0.1) is 0 Å². The minimum atomic E-state index is -1.03. The Morgan fingerprint density at radius 3 is 2.36 bits per heavy atom. The second-order valence-corrected chi connectivity index (χ2v) is 10.0. The van der Waals surface area contributed by atoms with Crippen molar-refractivity contribution in [3.63, 3.8) is 0 Å². The minimum absolute atomic E-state index is 0.00715. The fourth-order valence-electron chi connectivity index (χ4n) is 4.47. The number of imide groups is 2. The normalized spacial score (nSPS) is 18.9. The van der Waals surface area contributed by atoms with Crippen LogP contribution in [0.1, 0.15) is 77.3 Å². The van der Waals surface area contributed by atoms with Crippen LogP contribution in [0.15, 0.2) is 48.7 Å². The molecule has 0 bridgehead atoms. The van der Waals surface area contributed by atoms with Gasteiger partial charge in [-0.3, -0.25) is 29.4 Å². The number of benzene rings is 2. The van der Waals surface area contributed by atoms with Gasteiger partial charge in [-0.05, 0) is 41.2 Å². The van der Waals surface area contributed by atoms with Crippen molar-refractivity contribution in [2.45, 2.75) is 51.2 Å². The molecule has 0 saturated carbocycles. The molecule has 36 heavy (non-hydrogen) atoms. The molecule has 2 aromatic carbocycles. The molecular weight excluding hydrogens is 462 g/mol. The lowest BCUT2D eigenvalue weighted by Gasteiger charge is -2.27. The van der Waals surface area contributed by atoms with Crippen LogP contribution in [0.4, 0.5) is 0 Å². The third-order valence-electron chi connectivity index (χ3n) is 6.57. The molecule has 1 aromatic heterocycles. The van der Waals surface area contributed by atoms with Gasteiger partial charge >= 0.3 is 0 Å². The molecule has 184 valence electrons. The lowest BCUT2D eigenvalue weighted by molar-refractivity contribution is -0.136. The van der Waals surface area contributed by atoms with E-state index in [0.717, 1.165) is 10.5 Å². The highest BCUT2D eigenvalue weighted by atomic mass is 16.3. The van der Waals surface area contributed by atoms with Crippen LogP contribution in [0.25, 0.3) is 5.69 Å². The Balaban J connectivity index is 1.38. The summed E-state index contributed by atoms with van der Waals surface area (Å²) in [6.45, 7) is 6.34. The lowest BCUT2D eigenvalue weighted by atomic mass is 9.86. The van der Waals surface area contributed by atoms with E-state index in [0.29, 0.717) is 16.9 Å². The zero-order chi connectivity index (χ0) is 25.8. The standard InChI is InChI=1S/C26H25N5O5/c1-26(2,3)15-6-4-14(5-7-15)22(33)19-13-30(29-28-19)16-8-9-17-18(12-16)25(36)31(24(17)35)20-10-11-21(32)27-23(20)34/h4-9,12-13,20,22,33H,10-11H2,1-3H3,(H,27,32,34). The molecule has 2 atom stereocenters. The summed E-state index contributed by atoms with van der Waals surface area (Å²) in [4.78, 5) is 50.6. The summed E-state index contributed by atoms with van der Waals surface area (Å²) in [5, 5.41) is 21.2. The van der Waals surface area contributed by atoms with Gasteiger partial charge in [0.2, 0.25) is 11.8 Å². The van der Waals surface area contributed by atoms with Crippen LogP contribution < -0.4 is 5.32 Å². The average molecular weight is 488 g/mol. The number of nitrogens with one attached hydrogen (secondary N) is 1. The molecule has 1 fully saturated rings. The molecule has 0 aliphatic carbocycles. The van der Waals surface area contributed by atoms with Crippen molar-refractivity contribution in [1.82, 2.24) is 25.2 Å². The Morgan fingerprint density at radius 1 is 1.00 bits per heavy atom. The van der Waals surface area contributed by atoms with Crippen molar-refractivity contribution in [2.24, 2.45) is 0 Å². The molecule has 4 amide bonds. The molecule has 0 spiro atoms. The molecule has 10 nitrogen and oxygen atoms in total. The van der Waals surface area contributed by atoms with Crippen molar-refractivity contribution in [1.29, 1.82) is 0 Å². The summed E-state index contributed by atoms with van der Waals surface area (Å²) < 4.78 is 1.41. The number of carbonyl (C=O) groups excluding carboxylic acids is 4. The van der Waals surface area contributed by atoms with E-state index in [1.165, 1.54) is 16.8 Å². The van der Waals surface area contributed by atoms with Crippen LogP contribution in [0.3, 0.4) is 0 Å². The maximum atomic E-state index is 13.1. The molecular formula is C26H25N5O5. The van der Waals surface area contributed by atoms with Gasteiger partial charge in [0.15, 0.2) is 0 Å². The first kappa shape index (κ1) is 23.6. The first-order valence-corrected chi connectivity index (χ1v) is 11.6. The van der Waals surface area contributed by atoms with Gasteiger partial charge in [-0.25, -0.2) is 4.68 Å². The van der Waals surface area contributed by atoms with Gasteiger partial charge in [-0.15, -0.1) is 5.10 Å². The summed E-state index contributed by atoms with van der Waals surface area (Å²) in [6, 6.07) is 11.2. The monoisotopic (exact) mass is 487 g/mol. The van der Waals surface area contributed by atoms with E-state index < -0.39 is 35.8 Å². The number of aliphatic hydroxyl groups is 1. The Morgan fingerprint density at radius 2 is 1.69 bits per heavy atom. The van der Waals surface area contributed by atoms with Gasteiger partial charge < -0.3 is 5.11 Å². The summed E-state index contributed by atoms with van der Waals surface area (Å²) in [5.41, 5.74) is 2.91. The number of hydrogen-bond acceptors (Lipinski definition) is 7. The lowest BCUT2D eigenvalue weighted by Crippen LogP contribution is -2.54. The number of aliphatic hydroxyl groups excluding tert-OH is 1. The second kappa shape index (κ2) is 8.49. The zero-order valence-corrected chi connectivity index (χ0v) is 20.1. The average Bonchev–Trinajstić information content (AvgIpc) is 3.42. The minimum Gasteiger partial charge on any atom is -0.382 e. The van der Waals surface area contributed by atoms with Gasteiger partial charge in [0, 0.05) is 6.42 Å². The number of fused-ring (bicyclic) bond motifs is 1. The topological polar surface area (TPSA) is 134 Å². The van der Waals surface area contributed by atoms with E-state index >= 15 is 0 Å². The summed E-state index contributed by atoms with van der Waals surface area (Å²) in [5.74, 6) is -2.27. The summed E-state index contributed by atoms with van der Waals surface area (Å²) in [7, 11) is 0. The SMILES string of the molecule is CC(C)(C)c1ccc(C(O)c2cn(-c3ccc4c(c3)C(=O)N(C3CCC(=O)NC3=O)C4=O)nn2)cc1. The van der Waals surface area contributed by atoms with E-state index in [2.05, 4.69) is 36.4 Å². The maximum Gasteiger partial charge on any atom is 0.262 e. The van der Waals surface area contributed by atoms with E-state index in [1.54, 1.807) is 12.3 Å². The molecule has 5 rings (SSSR count). The largest absolute Gasteiger partial charge is 0.382 e. The van der Waals surface area contributed by atoms with E-state index in [4.69, 9.17) is 0 Å². The van der Waals surface area contributed by atoms with Crippen LogP contribution in [-0.2, 0) is 15.0 Å². The molecule has 2 aliphatic heterocycles. The molecule has 3 aromatic rings. The number of hydrogen-bond donors (Lipinski definition) is 2. The molecule has 2 aliphatic rings. The van der Waals surface area contributed by atoms with Gasteiger partial charge in [0.05, 0.1) is 23.0 Å². The number of piperidine rings is 1. The number of nitrogens with zero attached hydrogens (tertiary/aromatic N) is 4. The second-order valence-electron chi connectivity index (χ2n) is 10.0. The van der Waals surface area contributed by atoms with E-state index in [-0.39, 0.29) is 29.4 Å². The smallest absolute Gasteiger partial charge is 0.262 e. The number of aromatic nitrogens is 3. The Kier molecular flexibility index (Phi) is 5.55. The van der Waals surface area contributed by atoms with Gasteiger partial charge in [-0.2, -0.15) is 0 Å². The van der Waals surface area contributed by atoms with Crippen LogP contribution in [-0.4, -0.2) is 54.7 Å². The predicted octanol–water partition coefficient (Wildman–Crippen LogP) is 2.05. The van der Waals surface area contributed by atoms with Crippen LogP contribution in [0.5, 0.6) is 0 Å². The van der Waals surface area contributed by atoms with Crippen molar-refractivity contribution in [2.75, 3.05) is 0 Å². The predicted molar refractivity (Wildman–Crippen MR) is 127 cm³/mol. The summed E-state index contributed by atoms with van der Waals surface area (Å²) >= 11 is 0. The first-order valence-electron chi connectivity index (χ1n) is 11.6. The Bertz CT molecular complexity index is 1400. The number of amides is 4. The van der Waals surface area contributed by atoms with Gasteiger partial charge in [0.1, 0.15) is 17.8 Å². The molecule has 3 heterocycles. The maximum absolute atomic E-state index is 13.1. The van der Waals surface area contributed by atoms with Crippen LogP contribution in [0.2, 0.25) is 0 Å². The quantitative estimate of drug-likeness (QED) is 0.538. The highest BCUT2D eigenvalue weighted by Crippen LogP contribution is 2.30. The fourth-order valence-corrected chi connectivity index (χ4v) is 4.47. The van der Waals surface area contributed by atoms with Crippen LogP contribution >= 0.6 is 0 Å². The summed E-state index contributed by atoms with van der Waals surface area (Å²) in [6.07, 6.45) is 0.708. The van der Waals surface area contributed by atoms with Crippen molar-refractivity contribution in [3.05, 3.63) is 76.6 Å². The molecule has 0 radical (unpaired) electrons. The highest BCUT2D eigenvalue weighted by Gasteiger charge is 2.44. The fraction of sp³-hybridized carbons (Fsp3) is 0.308. The Hall–Kier alpha value is -4.18. The van der Waals surface area contributed by atoms with Gasteiger partial charge in [0.25, 0.3) is 11.8 Å². The number of rotatable bonds is 4. The zero-order valence-electron chi connectivity index (χ0n) is 20.1. The molecule has 2 N–H and O–H groups in total. The third kappa shape index (κ3) is 3.99. The van der Waals surface area contributed by atoms with Crippen molar-refractivity contribution >= 4 is 23.6 Å². The Labute approximate surface area is 206 Å². The number of carbonyl (C=O) groups is 4. The van der Waals surface area contributed by atoms with Crippen molar-refractivity contribution < 1.29 is 24.3 Å². The molecule has 1 saturated heterocycles. The van der Waals surface area contributed by atoms with E-state index in [9.17, 15) is 24.3 Å². The third-order valence-corrected chi connectivity index (χ3v) is 6.57. The molecule has 2 unspecified atom stereocenters.